The topological polar surface area (TPSA) is 12.5 Å². The third kappa shape index (κ3) is 3.31. The van der Waals surface area contributed by atoms with Crippen LogP contribution in [-0.4, -0.2) is 31.1 Å². The Morgan fingerprint density at radius 1 is 0.900 bits per heavy atom. The van der Waals surface area contributed by atoms with Gasteiger partial charge in [0.2, 0.25) is 0 Å². The minimum atomic E-state index is 0.810. The van der Waals surface area contributed by atoms with Gasteiger partial charge in [-0.3, -0.25) is 0 Å². The maximum absolute atomic E-state index is 5.98. The zero-order valence-electron chi connectivity index (χ0n) is 12.1. The van der Waals surface area contributed by atoms with Crippen molar-refractivity contribution in [3.63, 3.8) is 0 Å². The van der Waals surface area contributed by atoms with E-state index in [9.17, 15) is 0 Å². The number of rotatable bonds is 5. The number of piperidine rings is 1. The molecule has 3 rings (SSSR count). The van der Waals surface area contributed by atoms with Crippen LogP contribution in [0.5, 0.6) is 5.75 Å². The van der Waals surface area contributed by atoms with E-state index >= 15 is 0 Å². The lowest BCUT2D eigenvalue weighted by Crippen LogP contribution is -2.31. The maximum Gasteiger partial charge on any atom is 0.127 e. The Kier molecular flexibility index (Phi) is 4.54. The lowest BCUT2D eigenvalue weighted by Gasteiger charge is -2.26. The molecular formula is C18H23NO. The molecule has 106 valence electrons. The van der Waals surface area contributed by atoms with Crippen molar-refractivity contribution in [2.75, 3.05) is 26.2 Å². The van der Waals surface area contributed by atoms with Crippen LogP contribution in [0.3, 0.4) is 0 Å². The van der Waals surface area contributed by atoms with Crippen molar-refractivity contribution in [3.8, 4) is 5.75 Å². The van der Waals surface area contributed by atoms with Gasteiger partial charge in [-0.05, 0) is 43.8 Å². The molecule has 0 N–H and O–H groups in total. The first kappa shape index (κ1) is 13.4. The van der Waals surface area contributed by atoms with Crippen LogP contribution in [0, 0.1) is 0 Å². The molecule has 1 aliphatic rings. The Morgan fingerprint density at radius 3 is 2.60 bits per heavy atom. The van der Waals surface area contributed by atoms with Crippen molar-refractivity contribution in [1.82, 2.24) is 4.90 Å². The van der Waals surface area contributed by atoms with Crippen molar-refractivity contribution < 1.29 is 4.74 Å². The Bertz CT molecular complexity index is 541. The summed E-state index contributed by atoms with van der Waals surface area (Å²) in [6.45, 7) is 4.53. The molecular weight excluding hydrogens is 246 g/mol. The standard InChI is InChI=1S/C18H23NO/c1-4-12-19(13-5-1)14-7-15-20-18-11-6-9-16-8-2-3-10-17(16)18/h2-3,6,8-11H,1,4-5,7,12-15H2. The van der Waals surface area contributed by atoms with Crippen LogP contribution in [0.15, 0.2) is 42.5 Å². The number of hydrogen-bond donors (Lipinski definition) is 0. The first-order valence-corrected chi connectivity index (χ1v) is 7.76. The molecule has 2 aromatic rings. The highest BCUT2D eigenvalue weighted by molar-refractivity contribution is 5.88. The molecule has 1 saturated heterocycles. The van der Waals surface area contributed by atoms with E-state index in [0.717, 1.165) is 18.8 Å². The van der Waals surface area contributed by atoms with E-state index in [1.807, 2.05) is 0 Å². The summed E-state index contributed by atoms with van der Waals surface area (Å²) in [6, 6.07) is 14.7. The highest BCUT2D eigenvalue weighted by Crippen LogP contribution is 2.25. The Morgan fingerprint density at radius 2 is 1.70 bits per heavy atom. The summed E-state index contributed by atoms with van der Waals surface area (Å²) in [5.41, 5.74) is 0. The van der Waals surface area contributed by atoms with Gasteiger partial charge in [-0.25, -0.2) is 0 Å². The van der Waals surface area contributed by atoms with Gasteiger partial charge in [0.1, 0.15) is 5.75 Å². The van der Waals surface area contributed by atoms with E-state index in [4.69, 9.17) is 4.74 Å². The van der Waals surface area contributed by atoms with Crippen LogP contribution in [0.1, 0.15) is 25.7 Å². The third-order valence-corrected chi connectivity index (χ3v) is 4.07. The molecule has 1 fully saturated rings. The van der Waals surface area contributed by atoms with Crippen LogP contribution >= 0.6 is 0 Å². The molecule has 2 aromatic carbocycles. The van der Waals surface area contributed by atoms with Gasteiger partial charge in [-0.15, -0.1) is 0 Å². The van der Waals surface area contributed by atoms with Crippen molar-refractivity contribution in [1.29, 1.82) is 0 Å². The fourth-order valence-electron chi connectivity index (χ4n) is 2.97. The van der Waals surface area contributed by atoms with E-state index in [-0.39, 0.29) is 0 Å². The fraction of sp³-hybridized carbons (Fsp3) is 0.444. The van der Waals surface area contributed by atoms with Crippen molar-refractivity contribution in [2.24, 2.45) is 0 Å². The first-order chi connectivity index (χ1) is 9.93. The van der Waals surface area contributed by atoms with E-state index < -0.39 is 0 Å². The molecule has 0 saturated carbocycles. The lowest BCUT2D eigenvalue weighted by molar-refractivity contribution is 0.205. The molecule has 2 heteroatoms. The van der Waals surface area contributed by atoms with Crippen LogP contribution in [0.2, 0.25) is 0 Å². The smallest absolute Gasteiger partial charge is 0.127 e. The van der Waals surface area contributed by atoms with Crippen molar-refractivity contribution in [3.05, 3.63) is 42.5 Å². The van der Waals surface area contributed by atoms with Crippen LogP contribution < -0.4 is 4.74 Å². The normalized spacial score (nSPS) is 16.4. The van der Waals surface area contributed by atoms with Crippen molar-refractivity contribution in [2.45, 2.75) is 25.7 Å². The predicted molar refractivity (Wildman–Crippen MR) is 84.4 cm³/mol. The number of hydrogen-bond acceptors (Lipinski definition) is 2. The Hall–Kier alpha value is -1.54. The minimum absolute atomic E-state index is 0.810. The molecule has 0 radical (unpaired) electrons. The van der Waals surface area contributed by atoms with E-state index in [2.05, 4.69) is 47.4 Å². The first-order valence-electron chi connectivity index (χ1n) is 7.76. The van der Waals surface area contributed by atoms with E-state index in [1.165, 1.54) is 49.7 Å². The lowest BCUT2D eigenvalue weighted by atomic mass is 10.1. The number of fused-ring (bicyclic) bond motifs is 1. The second-order valence-corrected chi connectivity index (χ2v) is 5.58. The molecule has 0 bridgehead atoms. The quantitative estimate of drug-likeness (QED) is 0.758. The summed E-state index contributed by atoms with van der Waals surface area (Å²) in [5.74, 6) is 1.02. The Balaban J connectivity index is 1.52. The summed E-state index contributed by atoms with van der Waals surface area (Å²) in [5, 5.41) is 2.47. The number of likely N-dealkylation sites (tertiary alicyclic amines) is 1. The van der Waals surface area contributed by atoms with Gasteiger partial charge in [-0.1, -0.05) is 42.8 Å². The second kappa shape index (κ2) is 6.76. The number of ether oxygens (including phenoxy) is 1. The molecule has 0 aliphatic carbocycles. The molecule has 1 heterocycles. The van der Waals surface area contributed by atoms with Gasteiger partial charge in [0, 0.05) is 11.9 Å². The van der Waals surface area contributed by atoms with Crippen LogP contribution in [0.4, 0.5) is 0 Å². The zero-order valence-corrected chi connectivity index (χ0v) is 12.1. The third-order valence-electron chi connectivity index (χ3n) is 4.07. The molecule has 0 spiro atoms. The summed E-state index contributed by atoms with van der Waals surface area (Å²) >= 11 is 0. The highest BCUT2D eigenvalue weighted by atomic mass is 16.5. The van der Waals surface area contributed by atoms with Crippen molar-refractivity contribution >= 4 is 10.8 Å². The van der Waals surface area contributed by atoms with Crippen LogP contribution in [-0.2, 0) is 0 Å². The summed E-state index contributed by atoms with van der Waals surface area (Å²) in [6.07, 6.45) is 5.25. The zero-order chi connectivity index (χ0) is 13.6. The second-order valence-electron chi connectivity index (χ2n) is 5.58. The molecule has 0 amide bonds. The summed E-state index contributed by atoms with van der Waals surface area (Å²) in [4.78, 5) is 2.57. The maximum atomic E-state index is 5.98. The fourth-order valence-corrected chi connectivity index (χ4v) is 2.97. The average Bonchev–Trinajstić information content (AvgIpc) is 2.53. The molecule has 0 unspecified atom stereocenters. The van der Waals surface area contributed by atoms with Gasteiger partial charge in [0.15, 0.2) is 0 Å². The van der Waals surface area contributed by atoms with Gasteiger partial charge >= 0.3 is 0 Å². The van der Waals surface area contributed by atoms with Crippen LogP contribution in [0.25, 0.3) is 10.8 Å². The minimum Gasteiger partial charge on any atom is -0.493 e. The highest BCUT2D eigenvalue weighted by Gasteiger charge is 2.09. The largest absolute Gasteiger partial charge is 0.493 e. The van der Waals surface area contributed by atoms with E-state index in [0.29, 0.717) is 0 Å². The molecule has 20 heavy (non-hydrogen) atoms. The predicted octanol–water partition coefficient (Wildman–Crippen LogP) is 4.09. The van der Waals surface area contributed by atoms with Gasteiger partial charge in [0.05, 0.1) is 6.61 Å². The monoisotopic (exact) mass is 269 g/mol. The SMILES string of the molecule is c1ccc2c(OCCCN3CCCCC3)cccc2c1. The Labute approximate surface area is 121 Å². The van der Waals surface area contributed by atoms with Gasteiger partial charge in [0.25, 0.3) is 0 Å². The summed E-state index contributed by atoms with van der Waals surface area (Å²) < 4.78 is 5.98. The molecule has 2 nitrogen and oxygen atoms in total. The number of nitrogens with zero attached hydrogens (tertiary/aromatic N) is 1. The average molecular weight is 269 g/mol. The molecule has 0 aromatic heterocycles. The molecule has 1 aliphatic heterocycles. The molecule has 0 atom stereocenters. The number of benzene rings is 2. The van der Waals surface area contributed by atoms with Gasteiger partial charge < -0.3 is 9.64 Å². The summed E-state index contributed by atoms with van der Waals surface area (Å²) in [7, 11) is 0. The van der Waals surface area contributed by atoms with E-state index in [1.54, 1.807) is 0 Å². The van der Waals surface area contributed by atoms with Gasteiger partial charge in [-0.2, -0.15) is 0 Å².